The molecule has 1 amide bonds. The second-order valence-corrected chi connectivity index (χ2v) is 4.80. The van der Waals surface area contributed by atoms with Gasteiger partial charge in [0, 0.05) is 44.6 Å². The van der Waals surface area contributed by atoms with Crippen LogP contribution < -0.4 is 9.64 Å². The molecule has 1 fully saturated rings. The zero-order valence-electron chi connectivity index (χ0n) is 11.8. The molecular weight excluding hydrogens is 270 g/mol. The Labute approximate surface area is 122 Å². The van der Waals surface area contributed by atoms with E-state index in [1.165, 1.54) is 0 Å². The van der Waals surface area contributed by atoms with E-state index < -0.39 is 0 Å². The number of pyridine rings is 1. The van der Waals surface area contributed by atoms with Gasteiger partial charge < -0.3 is 14.5 Å². The lowest BCUT2D eigenvalue weighted by Crippen LogP contribution is -2.49. The van der Waals surface area contributed by atoms with Crippen LogP contribution >= 0.6 is 0 Å². The number of carbonyl (C=O) groups excluding carboxylic acids is 1. The van der Waals surface area contributed by atoms with Crippen LogP contribution in [0, 0.1) is 0 Å². The van der Waals surface area contributed by atoms with Crippen molar-refractivity contribution in [3.63, 3.8) is 0 Å². The molecule has 21 heavy (non-hydrogen) atoms. The fraction of sp³-hybridized carbons (Fsp3) is 0.357. The Bertz CT molecular complexity index is 606. The van der Waals surface area contributed by atoms with Crippen molar-refractivity contribution >= 4 is 11.7 Å². The SMILES string of the molecule is COc1ccnc(N2CCN(C(=O)c3ccn[nH]3)CC2)c1. The maximum Gasteiger partial charge on any atom is 0.271 e. The zero-order valence-corrected chi connectivity index (χ0v) is 11.8. The first-order valence-corrected chi connectivity index (χ1v) is 6.81. The van der Waals surface area contributed by atoms with E-state index in [0.29, 0.717) is 18.8 Å². The van der Waals surface area contributed by atoms with E-state index in [1.807, 2.05) is 17.0 Å². The summed E-state index contributed by atoms with van der Waals surface area (Å²) in [5.74, 6) is 1.66. The molecule has 0 saturated carbocycles. The van der Waals surface area contributed by atoms with Crippen molar-refractivity contribution < 1.29 is 9.53 Å². The molecule has 0 aliphatic carbocycles. The predicted octanol–water partition coefficient (Wildman–Crippen LogP) is 0.776. The number of nitrogens with one attached hydrogen (secondary N) is 1. The van der Waals surface area contributed by atoms with Crippen LogP contribution in [0.3, 0.4) is 0 Å². The summed E-state index contributed by atoms with van der Waals surface area (Å²) in [4.78, 5) is 20.5. The first kappa shape index (κ1) is 13.4. The average molecular weight is 287 g/mol. The summed E-state index contributed by atoms with van der Waals surface area (Å²) in [5, 5.41) is 6.52. The van der Waals surface area contributed by atoms with Gasteiger partial charge in [-0.05, 0) is 12.1 Å². The number of H-pyrrole nitrogens is 1. The van der Waals surface area contributed by atoms with Gasteiger partial charge in [-0.1, -0.05) is 0 Å². The van der Waals surface area contributed by atoms with Crippen LogP contribution in [0.2, 0.25) is 0 Å². The molecule has 0 aromatic carbocycles. The van der Waals surface area contributed by atoms with Crippen molar-refractivity contribution in [2.24, 2.45) is 0 Å². The molecule has 110 valence electrons. The monoisotopic (exact) mass is 287 g/mol. The van der Waals surface area contributed by atoms with Gasteiger partial charge in [-0.15, -0.1) is 0 Å². The number of amides is 1. The third-order valence-corrected chi connectivity index (χ3v) is 3.57. The Morgan fingerprint density at radius 3 is 2.71 bits per heavy atom. The molecule has 1 aliphatic rings. The van der Waals surface area contributed by atoms with Crippen molar-refractivity contribution in [1.29, 1.82) is 0 Å². The first-order valence-electron chi connectivity index (χ1n) is 6.81. The fourth-order valence-electron chi connectivity index (χ4n) is 2.38. The van der Waals surface area contributed by atoms with Gasteiger partial charge in [0.15, 0.2) is 0 Å². The second-order valence-electron chi connectivity index (χ2n) is 4.80. The summed E-state index contributed by atoms with van der Waals surface area (Å²) in [5.41, 5.74) is 0.531. The molecule has 7 heteroatoms. The van der Waals surface area contributed by atoms with Gasteiger partial charge in [0.2, 0.25) is 0 Å². The number of aromatic nitrogens is 3. The lowest BCUT2D eigenvalue weighted by molar-refractivity contribution is 0.0740. The number of piperazine rings is 1. The lowest BCUT2D eigenvalue weighted by Gasteiger charge is -2.35. The number of anilines is 1. The molecule has 2 aromatic heterocycles. The van der Waals surface area contributed by atoms with Gasteiger partial charge in [0.05, 0.1) is 7.11 Å². The summed E-state index contributed by atoms with van der Waals surface area (Å²) >= 11 is 0. The van der Waals surface area contributed by atoms with Gasteiger partial charge in [-0.25, -0.2) is 4.98 Å². The molecule has 0 spiro atoms. The first-order chi connectivity index (χ1) is 10.3. The number of hydrogen-bond acceptors (Lipinski definition) is 5. The smallest absolute Gasteiger partial charge is 0.271 e. The van der Waals surface area contributed by atoms with Crippen LogP contribution in [0.15, 0.2) is 30.6 Å². The molecule has 0 unspecified atom stereocenters. The molecule has 2 aromatic rings. The zero-order chi connectivity index (χ0) is 14.7. The third kappa shape index (κ3) is 2.81. The summed E-state index contributed by atoms with van der Waals surface area (Å²) in [6.07, 6.45) is 3.32. The number of aromatic amines is 1. The Balaban J connectivity index is 1.63. The highest BCUT2D eigenvalue weighted by atomic mass is 16.5. The molecule has 3 heterocycles. The van der Waals surface area contributed by atoms with E-state index in [9.17, 15) is 4.79 Å². The molecule has 1 saturated heterocycles. The number of nitrogens with zero attached hydrogens (tertiary/aromatic N) is 4. The number of carbonyl (C=O) groups is 1. The van der Waals surface area contributed by atoms with Crippen LogP contribution in [0.4, 0.5) is 5.82 Å². The number of hydrogen-bond donors (Lipinski definition) is 1. The Morgan fingerprint density at radius 2 is 2.05 bits per heavy atom. The largest absolute Gasteiger partial charge is 0.497 e. The summed E-state index contributed by atoms with van der Waals surface area (Å²) in [6.45, 7) is 2.83. The van der Waals surface area contributed by atoms with Gasteiger partial charge in [0.1, 0.15) is 17.3 Å². The Morgan fingerprint density at radius 1 is 1.24 bits per heavy atom. The molecular formula is C14H17N5O2. The average Bonchev–Trinajstić information content (AvgIpc) is 3.09. The summed E-state index contributed by atoms with van der Waals surface area (Å²) < 4.78 is 5.21. The Hall–Kier alpha value is -2.57. The third-order valence-electron chi connectivity index (χ3n) is 3.57. The fourth-order valence-corrected chi connectivity index (χ4v) is 2.38. The van der Waals surface area contributed by atoms with E-state index >= 15 is 0 Å². The maximum absolute atomic E-state index is 12.2. The van der Waals surface area contributed by atoms with Crippen LogP contribution in [-0.4, -0.2) is 59.3 Å². The van der Waals surface area contributed by atoms with Crippen molar-refractivity contribution in [2.45, 2.75) is 0 Å². The summed E-state index contributed by atoms with van der Waals surface area (Å²) in [6, 6.07) is 5.42. The molecule has 3 rings (SSSR count). The van der Waals surface area contributed by atoms with Gasteiger partial charge >= 0.3 is 0 Å². The van der Waals surface area contributed by atoms with E-state index in [0.717, 1.165) is 24.7 Å². The minimum absolute atomic E-state index is 0.00856. The quantitative estimate of drug-likeness (QED) is 0.903. The predicted molar refractivity (Wildman–Crippen MR) is 77.5 cm³/mol. The van der Waals surface area contributed by atoms with E-state index in [2.05, 4.69) is 20.1 Å². The van der Waals surface area contributed by atoms with Crippen LogP contribution in [0.5, 0.6) is 5.75 Å². The van der Waals surface area contributed by atoms with E-state index in [-0.39, 0.29) is 5.91 Å². The van der Waals surface area contributed by atoms with Gasteiger partial charge in [-0.2, -0.15) is 5.10 Å². The standard InChI is InChI=1S/C14H17N5O2/c1-21-11-2-4-15-13(10-11)18-6-8-19(9-7-18)14(20)12-3-5-16-17-12/h2-5,10H,6-9H2,1H3,(H,16,17). The highest BCUT2D eigenvalue weighted by Gasteiger charge is 2.23. The molecule has 0 radical (unpaired) electrons. The molecule has 1 N–H and O–H groups in total. The van der Waals surface area contributed by atoms with Crippen LogP contribution in [-0.2, 0) is 0 Å². The minimum atomic E-state index is -0.00856. The second kappa shape index (κ2) is 5.82. The maximum atomic E-state index is 12.2. The lowest BCUT2D eigenvalue weighted by atomic mass is 10.2. The number of ether oxygens (including phenoxy) is 1. The molecule has 0 bridgehead atoms. The van der Waals surface area contributed by atoms with Crippen LogP contribution in [0.25, 0.3) is 0 Å². The van der Waals surface area contributed by atoms with Crippen molar-refractivity contribution in [3.8, 4) is 5.75 Å². The van der Waals surface area contributed by atoms with Gasteiger partial charge in [-0.3, -0.25) is 9.89 Å². The van der Waals surface area contributed by atoms with Crippen molar-refractivity contribution in [3.05, 3.63) is 36.3 Å². The van der Waals surface area contributed by atoms with E-state index in [1.54, 1.807) is 25.6 Å². The van der Waals surface area contributed by atoms with Crippen LogP contribution in [0.1, 0.15) is 10.5 Å². The molecule has 7 nitrogen and oxygen atoms in total. The van der Waals surface area contributed by atoms with Gasteiger partial charge in [0.25, 0.3) is 5.91 Å². The number of rotatable bonds is 3. The minimum Gasteiger partial charge on any atom is -0.497 e. The highest BCUT2D eigenvalue weighted by Crippen LogP contribution is 2.19. The normalized spacial score (nSPS) is 15.1. The summed E-state index contributed by atoms with van der Waals surface area (Å²) in [7, 11) is 1.64. The van der Waals surface area contributed by atoms with Crippen molar-refractivity contribution in [1.82, 2.24) is 20.1 Å². The number of methoxy groups -OCH3 is 1. The molecule has 0 atom stereocenters. The highest BCUT2D eigenvalue weighted by molar-refractivity contribution is 5.92. The Kier molecular flexibility index (Phi) is 3.72. The topological polar surface area (TPSA) is 74.3 Å². The molecule has 1 aliphatic heterocycles. The van der Waals surface area contributed by atoms with E-state index in [4.69, 9.17) is 4.74 Å². The van der Waals surface area contributed by atoms with Crippen molar-refractivity contribution in [2.75, 3.05) is 38.2 Å².